The van der Waals surface area contributed by atoms with E-state index in [9.17, 15) is 4.79 Å². The minimum atomic E-state index is -0.479. The number of carbonyl (C=O) groups excluding carboxylic acids is 1. The largest absolute Gasteiger partial charge is 0.464 e. The van der Waals surface area contributed by atoms with Crippen molar-refractivity contribution in [2.75, 3.05) is 7.11 Å². The smallest absolute Gasteiger partial charge is 0.359 e. The molecule has 1 aromatic carbocycles. The molecule has 4 nitrogen and oxygen atoms in total. The van der Waals surface area contributed by atoms with Crippen LogP contribution in [0.2, 0.25) is 0 Å². The highest BCUT2D eigenvalue weighted by molar-refractivity contribution is 5.90. The van der Waals surface area contributed by atoms with E-state index < -0.39 is 5.97 Å². The van der Waals surface area contributed by atoms with E-state index in [0.717, 1.165) is 5.56 Å². The number of rotatable bonds is 1. The number of hydrogen-bond acceptors (Lipinski definition) is 3. The van der Waals surface area contributed by atoms with Crippen molar-refractivity contribution in [2.24, 2.45) is 7.05 Å². The number of hydrogen-bond donors (Lipinski definition) is 0. The number of ether oxygens (including phenoxy) is 1. The van der Waals surface area contributed by atoms with Gasteiger partial charge in [0.1, 0.15) is 0 Å². The van der Waals surface area contributed by atoms with Crippen LogP contribution < -0.4 is 0 Å². The van der Waals surface area contributed by atoms with Gasteiger partial charge in [-0.3, -0.25) is 4.68 Å². The number of nitrogens with zero attached hydrogens (tertiary/aromatic N) is 2. The molecule has 1 heterocycles. The quantitative estimate of drug-likeness (QED) is 0.562. The number of carbonyl (C=O) groups is 1. The van der Waals surface area contributed by atoms with Gasteiger partial charge in [0.2, 0.25) is 0 Å². The highest BCUT2D eigenvalue weighted by Crippen LogP contribution is 2.06. The third kappa shape index (κ3) is 2.58. The zero-order chi connectivity index (χ0) is 13.0. The van der Waals surface area contributed by atoms with Crippen LogP contribution in [0, 0.1) is 11.8 Å². The first-order valence-corrected chi connectivity index (χ1v) is 5.39. The van der Waals surface area contributed by atoms with Crippen LogP contribution in [-0.2, 0) is 11.8 Å². The van der Waals surface area contributed by atoms with Gasteiger partial charge in [-0.2, -0.15) is 5.10 Å². The third-order valence-corrected chi connectivity index (χ3v) is 2.32. The average Bonchev–Trinajstić information content (AvgIpc) is 2.78. The van der Waals surface area contributed by atoms with Crippen LogP contribution >= 0.6 is 0 Å². The number of methoxy groups -OCH3 is 1. The van der Waals surface area contributed by atoms with E-state index in [2.05, 4.69) is 21.7 Å². The van der Waals surface area contributed by atoms with Crippen LogP contribution in [0.5, 0.6) is 0 Å². The Morgan fingerprint density at radius 1 is 1.28 bits per heavy atom. The third-order valence-electron chi connectivity index (χ3n) is 2.32. The SMILES string of the molecule is COC(=O)c1nn(C)cc1C#Cc1ccccc1. The van der Waals surface area contributed by atoms with Gasteiger partial charge in [-0.1, -0.05) is 30.0 Å². The van der Waals surface area contributed by atoms with Gasteiger partial charge in [-0.25, -0.2) is 4.79 Å². The summed E-state index contributed by atoms with van der Waals surface area (Å²) < 4.78 is 6.20. The fraction of sp³-hybridized carbons (Fsp3) is 0.143. The Morgan fingerprint density at radius 2 is 2.00 bits per heavy atom. The van der Waals surface area contributed by atoms with E-state index in [1.54, 1.807) is 17.9 Å². The standard InChI is InChI=1S/C14H12N2O2/c1-16-10-12(13(15-16)14(17)18-2)9-8-11-6-4-3-5-7-11/h3-7,10H,1-2H3. The summed E-state index contributed by atoms with van der Waals surface area (Å²) in [4.78, 5) is 11.5. The molecule has 0 saturated heterocycles. The summed E-state index contributed by atoms with van der Waals surface area (Å²) in [6.07, 6.45) is 1.70. The fourth-order valence-corrected chi connectivity index (χ4v) is 1.49. The Bertz CT molecular complexity index is 618. The summed E-state index contributed by atoms with van der Waals surface area (Å²) in [6.45, 7) is 0. The van der Waals surface area contributed by atoms with Gasteiger partial charge >= 0.3 is 5.97 Å². The van der Waals surface area contributed by atoms with Gasteiger partial charge in [-0.15, -0.1) is 0 Å². The summed E-state index contributed by atoms with van der Waals surface area (Å²) in [5, 5.41) is 4.03. The van der Waals surface area contributed by atoms with Crippen molar-refractivity contribution in [3.05, 3.63) is 53.3 Å². The second-order valence-corrected chi connectivity index (χ2v) is 3.67. The molecule has 18 heavy (non-hydrogen) atoms. The van der Waals surface area contributed by atoms with Crippen molar-refractivity contribution < 1.29 is 9.53 Å². The molecule has 0 radical (unpaired) electrons. The first-order chi connectivity index (χ1) is 8.70. The van der Waals surface area contributed by atoms with Crippen molar-refractivity contribution in [3.63, 3.8) is 0 Å². The van der Waals surface area contributed by atoms with Gasteiger partial charge < -0.3 is 4.74 Å². The minimum absolute atomic E-state index is 0.239. The van der Waals surface area contributed by atoms with Crippen LogP contribution in [0.15, 0.2) is 36.5 Å². The van der Waals surface area contributed by atoms with Crippen molar-refractivity contribution in [3.8, 4) is 11.8 Å². The van der Waals surface area contributed by atoms with Crippen molar-refractivity contribution in [1.29, 1.82) is 0 Å². The molecule has 0 amide bonds. The maximum absolute atomic E-state index is 11.5. The predicted octanol–water partition coefficient (Wildman–Crippen LogP) is 1.61. The molecule has 2 rings (SSSR count). The molecule has 4 heteroatoms. The van der Waals surface area contributed by atoms with E-state index in [-0.39, 0.29) is 5.69 Å². The van der Waals surface area contributed by atoms with Crippen molar-refractivity contribution >= 4 is 5.97 Å². The topological polar surface area (TPSA) is 44.1 Å². The Labute approximate surface area is 105 Å². The van der Waals surface area contributed by atoms with Crippen LogP contribution in [-0.4, -0.2) is 22.9 Å². The first kappa shape index (κ1) is 11.9. The van der Waals surface area contributed by atoms with E-state index >= 15 is 0 Å². The average molecular weight is 240 g/mol. The lowest BCUT2D eigenvalue weighted by atomic mass is 10.2. The highest BCUT2D eigenvalue weighted by Gasteiger charge is 2.14. The second-order valence-electron chi connectivity index (χ2n) is 3.67. The van der Waals surface area contributed by atoms with Gasteiger partial charge in [0, 0.05) is 18.8 Å². The van der Waals surface area contributed by atoms with E-state index in [0.29, 0.717) is 5.56 Å². The van der Waals surface area contributed by atoms with E-state index in [4.69, 9.17) is 0 Å². The molecular formula is C14H12N2O2. The maximum atomic E-state index is 11.5. The van der Waals surface area contributed by atoms with Crippen LogP contribution in [0.4, 0.5) is 0 Å². The molecule has 1 aromatic heterocycles. The zero-order valence-electron chi connectivity index (χ0n) is 10.2. The molecule has 0 fully saturated rings. The van der Waals surface area contributed by atoms with E-state index in [1.807, 2.05) is 30.3 Å². The number of aromatic nitrogens is 2. The zero-order valence-corrected chi connectivity index (χ0v) is 10.2. The van der Waals surface area contributed by atoms with E-state index in [1.165, 1.54) is 7.11 Å². The normalized spacial score (nSPS) is 9.44. The Hall–Kier alpha value is -2.54. The molecule has 0 aliphatic rings. The molecule has 0 unspecified atom stereocenters. The monoisotopic (exact) mass is 240 g/mol. The minimum Gasteiger partial charge on any atom is -0.464 e. The molecule has 0 bridgehead atoms. The van der Waals surface area contributed by atoms with Gasteiger partial charge in [0.15, 0.2) is 5.69 Å². The summed E-state index contributed by atoms with van der Waals surface area (Å²) >= 11 is 0. The van der Waals surface area contributed by atoms with Crippen molar-refractivity contribution in [2.45, 2.75) is 0 Å². The lowest BCUT2D eigenvalue weighted by molar-refractivity contribution is 0.0593. The first-order valence-electron chi connectivity index (χ1n) is 5.39. The number of benzene rings is 1. The summed E-state index contributed by atoms with van der Waals surface area (Å²) in [5.41, 5.74) is 1.69. The maximum Gasteiger partial charge on any atom is 0.359 e. The van der Waals surface area contributed by atoms with Crippen molar-refractivity contribution in [1.82, 2.24) is 9.78 Å². The molecule has 0 N–H and O–H groups in total. The van der Waals surface area contributed by atoms with Crippen LogP contribution in [0.1, 0.15) is 21.6 Å². The highest BCUT2D eigenvalue weighted by atomic mass is 16.5. The number of aryl methyl sites for hydroxylation is 1. The second kappa shape index (κ2) is 5.19. The molecule has 0 aliphatic heterocycles. The lowest BCUT2D eigenvalue weighted by Crippen LogP contribution is -2.04. The summed E-state index contributed by atoms with van der Waals surface area (Å²) in [7, 11) is 3.06. The molecule has 0 saturated carbocycles. The summed E-state index contributed by atoms with van der Waals surface area (Å²) in [5.74, 6) is 5.44. The Balaban J connectivity index is 2.35. The van der Waals surface area contributed by atoms with Gasteiger partial charge in [-0.05, 0) is 12.1 Å². The fourth-order valence-electron chi connectivity index (χ4n) is 1.49. The predicted molar refractivity (Wildman–Crippen MR) is 67.0 cm³/mol. The summed E-state index contributed by atoms with van der Waals surface area (Å²) in [6, 6.07) is 9.56. The lowest BCUT2D eigenvalue weighted by Gasteiger charge is -1.93. The van der Waals surface area contributed by atoms with Gasteiger partial charge in [0.05, 0.1) is 12.7 Å². The Kier molecular flexibility index (Phi) is 3.44. The van der Waals surface area contributed by atoms with Gasteiger partial charge in [0.25, 0.3) is 0 Å². The Morgan fingerprint density at radius 3 is 2.67 bits per heavy atom. The molecular weight excluding hydrogens is 228 g/mol. The van der Waals surface area contributed by atoms with Crippen LogP contribution in [0.3, 0.4) is 0 Å². The molecule has 0 atom stereocenters. The molecule has 2 aromatic rings. The number of esters is 1. The molecule has 0 aliphatic carbocycles. The molecule has 90 valence electrons. The van der Waals surface area contributed by atoms with Crippen LogP contribution in [0.25, 0.3) is 0 Å². The molecule has 0 spiro atoms.